The second-order valence-corrected chi connectivity index (χ2v) is 3.41. The molecule has 1 heterocycles. The van der Waals surface area contributed by atoms with Gasteiger partial charge in [-0.05, 0) is 13.5 Å². The minimum Gasteiger partial charge on any atom is -0.351 e. The number of aryl methyl sites for hydroxylation is 2. The number of carbonyl (C=O) groups is 1. The molecular weight excluding hydrogens is 192 g/mol. The van der Waals surface area contributed by atoms with Crippen LogP contribution in [0.3, 0.4) is 0 Å². The van der Waals surface area contributed by atoms with Crippen LogP contribution in [0.4, 0.5) is 0 Å². The van der Waals surface area contributed by atoms with Gasteiger partial charge >= 0.3 is 0 Å². The molecule has 1 rings (SSSR count). The first kappa shape index (κ1) is 11.7. The van der Waals surface area contributed by atoms with Gasteiger partial charge in [-0.15, -0.1) is 0 Å². The maximum Gasteiger partial charge on any atom is 0.254 e. The Hall–Kier alpha value is -1.36. The second kappa shape index (κ2) is 5.50. The van der Waals surface area contributed by atoms with Crippen LogP contribution in [0.2, 0.25) is 0 Å². The van der Waals surface area contributed by atoms with Crippen molar-refractivity contribution in [1.29, 1.82) is 0 Å². The molecule has 5 nitrogen and oxygen atoms in total. The van der Waals surface area contributed by atoms with Crippen LogP contribution < -0.4 is 10.6 Å². The number of likely N-dealkylation sites (N-methyl/N-ethyl adjacent to an activating group) is 1. The van der Waals surface area contributed by atoms with Crippen molar-refractivity contribution in [2.75, 3.05) is 19.6 Å². The zero-order valence-corrected chi connectivity index (χ0v) is 9.50. The van der Waals surface area contributed by atoms with Gasteiger partial charge in [0, 0.05) is 26.3 Å². The highest BCUT2D eigenvalue weighted by molar-refractivity contribution is 5.94. The molecule has 0 radical (unpaired) electrons. The van der Waals surface area contributed by atoms with E-state index in [2.05, 4.69) is 15.7 Å². The number of aromatic nitrogens is 2. The Morgan fingerprint density at radius 3 is 2.80 bits per heavy atom. The van der Waals surface area contributed by atoms with Crippen LogP contribution in [0, 0.1) is 6.92 Å². The zero-order valence-electron chi connectivity index (χ0n) is 9.50. The lowest BCUT2D eigenvalue weighted by Crippen LogP contribution is -2.31. The molecule has 0 aliphatic heterocycles. The first-order valence-electron chi connectivity index (χ1n) is 5.14. The fraction of sp³-hybridized carbons (Fsp3) is 0.600. The summed E-state index contributed by atoms with van der Waals surface area (Å²) in [6, 6.07) is 0. The van der Waals surface area contributed by atoms with E-state index in [1.165, 1.54) is 0 Å². The van der Waals surface area contributed by atoms with Crippen LogP contribution in [0.1, 0.15) is 23.0 Å². The van der Waals surface area contributed by atoms with Gasteiger partial charge in [-0.1, -0.05) is 6.92 Å². The molecule has 5 heteroatoms. The van der Waals surface area contributed by atoms with Crippen LogP contribution in [0.15, 0.2) is 6.20 Å². The number of hydrogen-bond acceptors (Lipinski definition) is 3. The molecule has 1 aromatic rings. The van der Waals surface area contributed by atoms with E-state index < -0.39 is 0 Å². The third kappa shape index (κ3) is 3.36. The van der Waals surface area contributed by atoms with E-state index in [1.54, 1.807) is 10.9 Å². The van der Waals surface area contributed by atoms with Crippen molar-refractivity contribution < 1.29 is 4.79 Å². The molecule has 0 aliphatic carbocycles. The van der Waals surface area contributed by atoms with Crippen molar-refractivity contribution in [2.24, 2.45) is 7.05 Å². The third-order valence-electron chi connectivity index (χ3n) is 2.10. The van der Waals surface area contributed by atoms with Crippen molar-refractivity contribution in [3.63, 3.8) is 0 Å². The van der Waals surface area contributed by atoms with Gasteiger partial charge in [0.25, 0.3) is 5.91 Å². The summed E-state index contributed by atoms with van der Waals surface area (Å²) >= 11 is 0. The molecule has 0 spiro atoms. The summed E-state index contributed by atoms with van der Waals surface area (Å²) in [5.74, 6) is -0.0569. The van der Waals surface area contributed by atoms with E-state index in [1.807, 2.05) is 20.9 Å². The Balaban J connectivity index is 2.43. The minimum absolute atomic E-state index is 0.0569. The summed E-state index contributed by atoms with van der Waals surface area (Å²) in [5, 5.41) is 10.1. The summed E-state index contributed by atoms with van der Waals surface area (Å²) in [7, 11) is 1.81. The molecule has 2 N–H and O–H groups in total. The molecule has 0 unspecified atom stereocenters. The summed E-state index contributed by atoms with van der Waals surface area (Å²) in [4.78, 5) is 11.6. The summed E-state index contributed by atoms with van der Waals surface area (Å²) in [6.07, 6.45) is 1.73. The average molecular weight is 210 g/mol. The van der Waals surface area contributed by atoms with E-state index in [-0.39, 0.29) is 5.91 Å². The SMILES string of the molecule is CCNCCNC(=O)c1cn(C)nc1C. The maximum atomic E-state index is 11.6. The van der Waals surface area contributed by atoms with Gasteiger partial charge in [-0.3, -0.25) is 9.48 Å². The van der Waals surface area contributed by atoms with Gasteiger partial charge in [-0.25, -0.2) is 0 Å². The van der Waals surface area contributed by atoms with E-state index in [4.69, 9.17) is 0 Å². The number of carbonyl (C=O) groups excluding carboxylic acids is 1. The first-order valence-corrected chi connectivity index (χ1v) is 5.14. The zero-order chi connectivity index (χ0) is 11.3. The lowest BCUT2D eigenvalue weighted by molar-refractivity contribution is 0.0953. The normalized spacial score (nSPS) is 10.3. The molecule has 0 bridgehead atoms. The summed E-state index contributed by atoms with van der Waals surface area (Å²) < 4.78 is 1.65. The van der Waals surface area contributed by atoms with Gasteiger partial charge in [0.2, 0.25) is 0 Å². The van der Waals surface area contributed by atoms with E-state index >= 15 is 0 Å². The van der Waals surface area contributed by atoms with Gasteiger partial charge in [-0.2, -0.15) is 5.10 Å². The molecule has 15 heavy (non-hydrogen) atoms. The second-order valence-electron chi connectivity index (χ2n) is 3.41. The highest BCUT2D eigenvalue weighted by Gasteiger charge is 2.10. The summed E-state index contributed by atoms with van der Waals surface area (Å²) in [6.45, 7) is 6.22. The molecule has 0 saturated carbocycles. The first-order chi connectivity index (χ1) is 7.15. The predicted octanol–water partition coefficient (Wildman–Crippen LogP) is 0.0678. The predicted molar refractivity (Wildman–Crippen MR) is 58.8 cm³/mol. The monoisotopic (exact) mass is 210 g/mol. The third-order valence-corrected chi connectivity index (χ3v) is 2.10. The molecule has 0 fully saturated rings. The maximum absolute atomic E-state index is 11.6. The van der Waals surface area contributed by atoms with E-state index in [9.17, 15) is 4.79 Å². The Kier molecular flexibility index (Phi) is 4.30. The van der Waals surface area contributed by atoms with Gasteiger partial charge in [0.05, 0.1) is 11.3 Å². The summed E-state index contributed by atoms with van der Waals surface area (Å²) in [5.41, 5.74) is 1.41. The Bertz CT molecular complexity index is 332. The Morgan fingerprint density at radius 1 is 1.53 bits per heavy atom. The topological polar surface area (TPSA) is 58.9 Å². The van der Waals surface area contributed by atoms with Crippen LogP contribution >= 0.6 is 0 Å². The number of hydrogen-bond donors (Lipinski definition) is 2. The van der Waals surface area contributed by atoms with Crippen molar-refractivity contribution in [3.8, 4) is 0 Å². The number of nitrogens with zero attached hydrogens (tertiary/aromatic N) is 2. The van der Waals surface area contributed by atoms with Crippen LogP contribution in [-0.2, 0) is 7.05 Å². The Morgan fingerprint density at radius 2 is 2.27 bits per heavy atom. The Labute approximate surface area is 89.9 Å². The fourth-order valence-corrected chi connectivity index (χ4v) is 1.36. The number of amides is 1. The van der Waals surface area contributed by atoms with Crippen molar-refractivity contribution in [1.82, 2.24) is 20.4 Å². The standard InChI is InChI=1S/C10H18N4O/c1-4-11-5-6-12-10(15)9-7-14(3)13-8(9)2/h7,11H,4-6H2,1-3H3,(H,12,15). The van der Waals surface area contributed by atoms with Crippen LogP contribution in [-0.4, -0.2) is 35.3 Å². The number of rotatable bonds is 5. The molecule has 84 valence electrons. The van der Waals surface area contributed by atoms with Gasteiger partial charge in [0.1, 0.15) is 0 Å². The molecule has 0 aromatic carbocycles. The molecular formula is C10H18N4O. The molecule has 0 atom stereocenters. The lowest BCUT2D eigenvalue weighted by atomic mass is 10.2. The average Bonchev–Trinajstić information content (AvgIpc) is 2.52. The fourth-order valence-electron chi connectivity index (χ4n) is 1.36. The van der Waals surface area contributed by atoms with E-state index in [0.717, 1.165) is 18.8 Å². The highest BCUT2D eigenvalue weighted by Crippen LogP contribution is 2.03. The largest absolute Gasteiger partial charge is 0.351 e. The lowest BCUT2D eigenvalue weighted by Gasteiger charge is -2.04. The molecule has 1 amide bonds. The van der Waals surface area contributed by atoms with Crippen LogP contribution in [0.25, 0.3) is 0 Å². The minimum atomic E-state index is -0.0569. The van der Waals surface area contributed by atoms with Gasteiger partial charge in [0.15, 0.2) is 0 Å². The molecule has 1 aromatic heterocycles. The smallest absolute Gasteiger partial charge is 0.254 e. The quantitative estimate of drug-likeness (QED) is 0.676. The van der Waals surface area contributed by atoms with Gasteiger partial charge < -0.3 is 10.6 Å². The highest BCUT2D eigenvalue weighted by atomic mass is 16.1. The van der Waals surface area contributed by atoms with E-state index in [0.29, 0.717) is 12.1 Å². The van der Waals surface area contributed by atoms with Crippen molar-refractivity contribution in [2.45, 2.75) is 13.8 Å². The number of nitrogens with one attached hydrogen (secondary N) is 2. The van der Waals surface area contributed by atoms with Crippen molar-refractivity contribution >= 4 is 5.91 Å². The molecule has 0 aliphatic rings. The van der Waals surface area contributed by atoms with Crippen LogP contribution in [0.5, 0.6) is 0 Å². The van der Waals surface area contributed by atoms with Crippen molar-refractivity contribution in [3.05, 3.63) is 17.5 Å². The molecule has 0 saturated heterocycles.